The maximum atomic E-state index is 3.48. The van der Waals surface area contributed by atoms with Gasteiger partial charge in [-0.15, -0.1) is 0 Å². The molecule has 3 nitrogen and oxygen atoms in total. The summed E-state index contributed by atoms with van der Waals surface area (Å²) >= 11 is 0. The van der Waals surface area contributed by atoms with Crippen molar-refractivity contribution >= 4 is 0 Å². The molecule has 0 atom stereocenters. The zero-order valence-electron chi connectivity index (χ0n) is 12.6. The monoisotopic (exact) mass is 255 g/mol. The SMILES string of the molecule is CCCCN(CCCC)CCN1CCCNCC1. The van der Waals surface area contributed by atoms with Crippen LogP contribution in [0.3, 0.4) is 0 Å². The molecule has 18 heavy (non-hydrogen) atoms. The van der Waals surface area contributed by atoms with Gasteiger partial charge in [0.25, 0.3) is 0 Å². The first kappa shape index (κ1) is 15.9. The Kier molecular flexibility index (Phi) is 9.54. The summed E-state index contributed by atoms with van der Waals surface area (Å²) in [4.78, 5) is 5.30. The van der Waals surface area contributed by atoms with Gasteiger partial charge in [0, 0.05) is 26.2 Å². The van der Waals surface area contributed by atoms with Crippen molar-refractivity contribution in [1.82, 2.24) is 15.1 Å². The fourth-order valence-corrected chi connectivity index (χ4v) is 2.51. The Balaban J connectivity index is 2.20. The van der Waals surface area contributed by atoms with E-state index in [1.54, 1.807) is 0 Å². The van der Waals surface area contributed by atoms with E-state index >= 15 is 0 Å². The summed E-state index contributed by atoms with van der Waals surface area (Å²) in [5, 5.41) is 3.48. The van der Waals surface area contributed by atoms with Crippen LogP contribution in [-0.2, 0) is 0 Å². The fourth-order valence-electron chi connectivity index (χ4n) is 2.51. The number of nitrogens with zero attached hydrogens (tertiary/aromatic N) is 2. The predicted octanol–water partition coefficient (Wildman–Crippen LogP) is 2.18. The van der Waals surface area contributed by atoms with E-state index in [4.69, 9.17) is 0 Å². The van der Waals surface area contributed by atoms with Crippen molar-refractivity contribution in [2.24, 2.45) is 0 Å². The van der Waals surface area contributed by atoms with Crippen LogP contribution in [0.15, 0.2) is 0 Å². The van der Waals surface area contributed by atoms with Crippen LogP contribution in [0.5, 0.6) is 0 Å². The van der Waals surface area contributed by atoms with Gasteiger partial charge >= 0.3 is 0 Å². The smallest absolute Gasteiger partial charge is 0.0110 e. The van der Waals surface area contributed by atoms with Crippen molar-refractivity contribution in [3.8, 4) is 0 Å². The molecular formula is C15H33N3. The summed E-state index contributed by atoms with van der Waals surface area (Å²) in [6.07, 6.45) is 6.65. The molecule has 1 saturated heterocycles. The molecule has 0 aromatic rings. The third-order valence-electron chi connectivity index (χ3n) is 3.82. The molecule has 1 aliphatic rings. The summed E-state index contributed by atoms with van der Waals surface area (Å²) < 4.78 is 0. The summed E-state index contributed by atoms with van der Waals surface area (Å²) in [6.45, 7) is 14.6. The van der Waals surface area contributed by atoms with Crippen LogP contribution in [0.2, 0.25) is 0 Å². The minimum atomic E-state index is 1.17. The van der Waals surface area contributed by atoms with Crippen molar-refractivity contribution in [2.75, 3.05) is 52.4 Å². The fraction of sp³-hybridized carbons (Fsp3) is 1.00. The minimum absolute atomic E-state index is 1.17. The highest BCUT2D eigenvalue weighted by Crippen LogP contribution is 2.01. The highest BCUT2D eigenvalue weighted by atomic mass is 15.2. The van der Waals surface area contributed by atoms with Crippen molar-refractivity contribution in [1.29, 1.82) is 0 Å². The number of unbranched alkanes of at least 4 members (excludes halogenated alkanes) is 2. The van der Waals surface area contributed by atoms with E-state index in [1.165, 1.54) is 84.5 Å². The molecule has 0 aromatic carbocycles. The lowest BCUT2D eigenvalue weighted by molar-refractivity contribution is 0.206. The summed E-state index contributed by atoms with van der Waals surface area (Å²) in [7, 11) is 0. The van der Waals surface area contributed by atoms with Crippen LogP contribution >= 0.6 is 0 Å². The Bertz CT molecular complexity index is 169. The second kappa shape index (κ2) is 10.8. The van der Waals surface area contributed by atoms with Gasteiger partial charge in [-0.25, -0.2) is 0 Å². The molecule has 0 bridgehead atoms. The van der Waals surface area contributed by atoms with Crippen LogP contribution in [-0.4, -0.2) is 62.2 Å². The standard InChI is InChI=1S/C15H33N3/c1-3-5-10-17(11-6-4-2)14-15-18-12-7-8-16-9-13-18/h16H,3-15H2,1-2H3. The Labute approximate surface area is 114 Å². The van der Waals surface area contributed by atoms with E-state index < -0.39 is 0 Å². The Morgan fingerprint density at radius 3 is 2.33 bits per heavy atom. The van der Waals surface area contributed by atoms with Crippen LogP contribution in [0.1, 0.15) is 46.0 Å². The van der Waals surface area contributed by atoms with E-state index in [0.717, 1.165) is 0 Å². The summed E-state index contributed by atoms with van der Waals surface area (Å²) in [5.74, 6) is 0. The van der Waals surface area contributed by atoms with Gasteiger partial charge < -0.3 is 15.1 Å². The first-order chi connectivity index (χ1) is 8.86. The van der Waals surface area contributed by atoms with Crippen LogP contribution in [0.25, 0.3) is 0 Å². The average Bonchev–Trinajstić information content (AvgIpc) is 2.66. The largest absolute Gasteiger partial charge is 0.315 e. The van der Waals surface area contributed by atoms with E-state index in [-0.39, 0.29) is 0 Å². The maximum Gasteiger partial charge on any atom is 0.0110 e. The lowest BCUT2D eigenvalue weighted by Gasteiger charge is -2.26. The molecule has 1 heterocycles. The predicted molar refractivity (Wildman–Crippen MR) is 80.2 cm³/mol. The molecule has 1 aliphatic heterocycles. The first-order valence-corrected chi connectivity index (χ1v) is 8.02. The molecule has 108 valence electrons. The molecule has 0 spiro atoms. The number of hydrogen-bond acceptors (Lipinski definition) is 3. The zero-order valence-corrected chi connectivity index (χ0v) is 12.6. The van der Waals surface area contributed by atoms with E-state index in [1.807, 2.05) is 0 Å². The second-order valence-corrected chi connectivity index (χ2v) is 5.49. The third-order valence-corrected chi connectivity index (χ3v) is 3.82. The highest BCUT2D eigenvalue weighted by molar-refractivity contribution is 4.68. The third kappa shape index (κ3) is 7.34. The molecule has 0 aliphatic carbocycles. The van der Waals surface area contributed by atoms with Gasteiger partial charge in [-0.3, -0.25) is 0 Å². The van der Waals surface area contributed by atoms with Crippen LogP contribution < -0.4 is 5.32 Å². The van der Waals surface area contributed by atoms with E-state index in [0.29, 0.717) is 0 Å². The zero-order chi connectivity index (χ0) is 13.1. The van der Waals surface area contributed by atoms with Gasteiger partial charge in [0.05, 0.1) is 0 Å². The van der Waals surface area contributed by atoms with Gasteiger partial charge in [0.2, 0.25) is 0 Å². The average molecular weight is 255 g/mol. The van der Waals surface area contributed by atoms with Gasteiger partial charge in [0.1, 0.15) is 0 Å². The molecule has 1 fully saturated rings. The maximum absolute atomic E-state index is 3.48. The van der Waals surface area contributed by atoms with Crippen molar-refractivity contribution in [3.05, 3.63) is 0 Å². The minimum Gasteiger partial charge on any atom is -0.315 e. The van der Waals surface area contributed by atoms with Gasteiger partial charge in [-0.1, -0.05) is 26.7 Å². The molecule has 0 radical (unpaired) electrons. The number of nitrogens with one attached hydrogen (secondary N) is 1. The lowest BCUT2D eigenvalue weighted by Crippen LogP contribution is -2.37. The van der Waals surface area contributed by atoms with E-state index in [9.17, 15) is 0 Å². The van der Waals surface area contributed by atoms with Crippen molar-refractivity contribution in [3.63, 3.8) is 0 Å². The molecule has 0 aromatic heterocycles. The topological polar surface area (TPSA) is 18.5 Å². The van der Waals surface area contributed by atoms with Crippen LogP contribution in [0.4, 0.5) is 0 Å². The summed E-state index contributed by atoms with van der Waals surface area (Å²) in [6, 6.07) is 0. The molecule has 1 rings (SSSR count). The van der Waals surface area contributed by atoms with Gasteiger partial charge in [-0.05, 0) is 45.4 Å². The molecule has 1 N–H and O–H groups in total. The molecule has 0 saturated carbocycles. The number of rotatable bonds is 9. The van der Waals surface area contributed by atoms with E-state index in [2.05, 4.69) is 29.0 Å². The lowest BCUT2D eigenvalue weighted by atomic mass is 10.2. The highest BCUT2D eigenvalue weighted by Gasteiger charge is 2.10. The van der Waals surface area contributed by atoms with Crippen molar-refractivity contribution < 1.29 is 0 Å². The molecular weight excluding hydrogens is 222 g/mol. The second-order valence-electron chi connectivity index (χ2n) is 5.49. The number of hydrogen-bond donors (Lipinski definition) is 1. The Morgan fingerprint density at radius 2 is 1.67 bits per heavy atom. The quantitative estimate of drug-likeness (QED) is 0.681. The van der Waals surface area contributed by atoms with Crippen LogP contribution in [0, 0.1) is 0 Å². The Hall–Kier alpha value is -0.120. The van der Waals surface area contributed by atoms with Gasteiger partial charge in [0.15, 0.2) is 0 Å². The summed E-state index contributed by atoms with van der Waals surface area (Å²) in [5.41, 5.74) is 0. The Morgan fingerprint density at radius 1 is 0.944 bits per heavy atom. The molecule has 0 unspecified atom stereocenters. The molecule has 0 amide bonds. The van der Waals surface area contributed by atoms with Crippen molar-refractivity contribution in [2.45, 2.75) is 46.0 Å². The normalized spacial score (nSPS) is 18.2. The van der Waals surface area contributed by atoms with Gasteiger partial charge in [-0.2, -0.15) is 0 Å². The first-order valence-electron chi connectivity index (χ1n) is 8.02. The molecule has 3 heteroatoms.